The topological polar surface area (TPSA) is 99.3 Å². The van der Waals surface area contributed by atoms with Gasteiger partial charge in [0.25, 0.3) is 15.9 Å². The molecule has 164 valence electrons. The standard InChI is InChI=1S/C23H27N3O4S/c1-5-12-24-23(28)20-14-25-21-11-10-18(13-19(21)22(20)27)31(29,30)26(4)17-8-6-16(7-9-17)15(2)3/h6-11,13-15H,5,12H2,1-4H3,(H,24,28)(H,25,27). The molecule has 0 spiro atoms. The molecule has 0 radical (unpaired) electrons. The summed E-state index contributed by atoms with van der Waals surface area (Å²) in [5.41, 5.74) is 1.53. The molecule has 0 fully saturated rings. The number of nitrogens with zero attached hydrogens (tertiary/aromatic N) is 1. The highest BCUT2D eigenvalue weighted by Gasteiger charge is 2.23. The molecule has 0 atom stereocenters. The maximum Gasteiger partial charge on any atom is 0.264 e. The molecule has 0 aliphatic rings. The zero-order valence-electron chi connectivity index (χ0n) is 18.1. The van der Waals surface area contributed by atoms with Crippen LogP contribution in [0, 0.1) is 0 Å². The Balaban J connectivity index is 2.01. The maximum absolute atomic E-state index is 13.2. The number of fused-ring (bicyclic) bond motifs is 1. The Kier molecular flexibility index (Phi) is 6.50. The summed E-state index contributed by atoms with van der Waals surface area (Å²) < 4.78 is 27.6. The Bertz CT molecular complexity index is 1260. The van der Waals surface area contributed by atoms with Crippen molar-refractivity contribution in [3.63, 3.8) is 0 Å². The van der Waals surface area contributed by atoms with Gasteiger partial charge < -0.3 is 10.3 Å². The molecule has 7 nitrogen and oxygen atoms in total. The third kappa shape index (κ3) is 4.49. The molecule has 0 unspecified atom stereocenters. The van der Waals surface area contributed by atoms with Gasteiger partial charge in [-0.05, 0) is 48.2 Å². The number of rotatable bonds is 7. The van der Waals surface area contributed by atoms with E-state index in [4.69, 9.17) is 0 Å². The first-order valence-corrected chi connectivity index (χ1v) is 11.6. The predicted molar refractivity (Wildman–Crippen MR) is 123 cm³/mol. The molecule has 0 saturated heterocycles. The van der Waals surface area contributed by atoms with Crippen LogP contribution in [0.4, 0.5) is 5.69 Å². The summed E-state index contributed by atoms with van der Waals surface area (Å²) in [5, 5.41) is 2.81. The molecule has 2 N–H and O–H groups in total. The molecule has 2 aromatic carbocycles. The van der Waals surface area contributed by atoms with Gasteiger partial charge in [-0.1, -0.05) is 32.9 Å². The number of carbonyl (C=O) groups excluding carboxylic acids is 1. The number of anilines is 1. The van der Waals surface area contributed by atoms with Crippen molar-refractivity contribution in [1.82, 2.24) is 10.3 Å². The fourth-order valence-corrected chi connectivity index (χ4v) is 4.45. The van der Waals surface area contributed by atoms with E-state index in [9.17, 15) is 18.0 Å². The lowest BCUT2D eigenvalue weighted by atomic mass is 10.0. The van der Waals surface area contributed by atoms with Crippen LogP contribution < -0.4 is 15.1 Å². The van der Waals surface area contributed by atoms with Crippen LogP contribution in [0.5, 0.6) is 0 Å². The van der Waals surface area contributed by atoms with E-state index in [-0.39, 0.29) is 15.8 Å². The number of amides is 1. The summed E-state index contributed by atoms with van der Waals surface area (Å²) in [6, 6.07) is 11.6. The molecular weight excluding hydrogens is 414 g/mol. The lowest BCUT2D eigenvalue weighted by Crippen LogP contribution is -2.29. The zero-order chi connectivity index (χ0) is 22.8. The van der Waals surface area contributed by atoms with Crippen LogP contribution in [0.25, 0.3) is 10.9 Å². The van der Waals surface area contributed by atoms with Crippen LogP contribution in [0.15, 0.2) is 58.4 Å². The molecule has 1 amide bonds. The summed E-state index contributed by atoms with van der Waals surface area (Å²) >= 11 is 0. The number of aromatic amines is 1. The van der Waals surface area contributed by atoms with Crippen LogP contribution in [0.2, 0.25) is 0 Å². The van der Waals surface area contributed by atoms with E-state index in [2.05, 4.69) is 24.1 Å². The number of nitrogens with one attached hydrogen (secondary N) is 2. The van der Waals surface area contributed by atoms with Gasteiger partial charge in [0.1, 0.15) is 5.56 Å². The van der Waals surface area contributed by atoms with E-state index < -0.39 is 21.4 Å². The number of sulfonamides is 1. The summed E-state index contributed by atoms with van der Waals surface area (Å²) in [6.45, 7) is 6.50. The van der Waals surface area contributed by atoms with Crippen molar-refractivity contribution in [3.05, 3.63) is 70.0 Å². The van der Waals surface area contributed by atoms with E-state index in [1.807, 2.05) is 19.1 Å². The van der Waals surface area contributed by atoms with Crippen molar-refractivity contribution in [2.45, 2.75) is 38.0 Å². The lowest BCUT2D eigenvalue weighted by molar-refractivity contribution is 0.0952. The average molecular weight is 442 g/mol. The number of benzene rings is 2. The monoisotopic (exact) mass is 441 g/mol. The predicted octanol–water partition coefficient (Wildman–Crippen LogP) is 3.62. The van der Waals surface area contributed by atoms with E-state index in [1.54, 1.807) is 12.1 Å². The van der Waals surface area contributed by atoms with Gasteiger partial charge in [0.05, 0.1) is 10.6 Å². The highest BCUT2D eigenvalue weighted by atomic mass is 32.2. The van der Waals surface area contributed by atoms with Crippen LogP contribution in [-0.2, 0) is 10.0 Å². The Hall–Kier alpha value is -3.13. The van der Waals surface area contributed by atoms with Crippen LogP contribution >= 0.6 is 0 Å². The third-order valence-electron chi connectivity index (χ3n) is 5.21. The maximum atomic E-state index is 13.2. The second kappa shape index (κ2) is 8.93. The van der Waals surface area contributed by atoms with E-state index >= 15 is 0 Å². The van der Waals surface area contributed by atoms with Crippen molar-refractivity contribution in [1.29, 1.82) is 0 Å². The largest absolute Gasteiger partial charge is 0.360 e. The number of hydrogen-bond acceptors (Lipinski definition) is 4. The first-order chi connectivity index (χ1) is 14.7. The van der Waals surface area contributed by atoms with Gasteiger partial charge in [0, 0.05) is 30.7 Å². The van der Waals surface area contributed by atoms with Gasteiger partial charge in [0.2, 0.25) is 5.43 Å². The lowest BCUT2D eigenvalue weighted by Gasteiger charge is -2.20. The number of aromatic nitrogens is 1. The van der Waals surface area contributed by atoms with Crippen molar-refractivity contribution < 1.29 is 13.2 Å². The smallest absolute Gasteiger partial charge is 0.264 e. The molecule has 0 bridgehead atoms. The van der Waals surface area contributed by atoms with Crippen molar-refractivity contribution in [3.8, 4) is 0 Å². The quantitative estimate of drug-likeness (QED) is 0.585. The summed E-state index contributed by atoms with van der Waals surface area (Å²) in [6.07, 6.45) is 2.09. The minimum Gasteiger partial charge on any atom is -0.360 e. The second-order valence-corrected chi connectivity index (χ2v) is 9.68. The van der Waals surface area contributed by atoms with Crippen LogP contribution in [0.1, 0.15) is 49.0 Å². The number of pyridine rings is 1. The highest BCUT2D eigenvalue weighted by Crippen LogP contribution is 2.25. The number of H-pyrrole nitrogens is 1. The minimum atomic E-state index is -3.90. The Morgan fingerprint density at radius 2 is 1.81 bits per heavy atom. The molecule has 3 aromatic rings. The van der Waals surface area contributed by atoms with Crippen LogP contribution in [-0.4, -0.2) is 32.9 Å². The van der Waals surface area contributed by atoms with Crippen LogP contribution in [0.3, 0.4) is 0 Å². The normalized spacial score (nSPS) is 11.6. The Labute approximate surface area is 182 Å². The minimum absolute atomic E-state index is 0.0212. The first-order valence-electron chi connectivity index (χ1n) is 10.2. The fourth-order valence-electron chi connectivity index (χ4n) is 3.23. The van der Waals surface area contributed by atoms with E-state index in [0.717, 1.165) is 12.0 Å². The molecular formula is C23H27N3O4S. The van der Waals surface area contributed by atoms with Gasteiger partial charge >= 0.3 is 0 Å². The molecule has 0 saturated carbocycles. The van der Waals surface area contributed by atoms with Gasteiger partial charge in [0.15, 0.2) is 0 Å². The van der Waals surface area contributed by atoms with Gasteiger partial charge in [-0.2, -0.15) is 0 Å². The fraction of sp³-hybridized carbons (Fsp3) is 0.304. The molecule has 0 aliphatic heterocycles. The molecule has 3 rings (SSSR count). The summed E-state index contributed by atoms with van der Waals surface area (Å²) in [5.74, 6) is -0.146. The van der Waals surface area contributed by atoms with Crippen molar-refractivity contribution >= 4 is 32.5 Å². The van der Waals surface area contributed by atoms with Crippen molar-refractivity contribution in [2.75, 3.05) is 17.9 Å². The molecule has 31 heavy (non-hydrogen) atoms. The Morgan fingerprint density at radius 1 is 1.13 bits per heavy atom. The van der Waals surface area contributed by atoms with Crippen molar-refractivity contribution in [2.24, 2.45) is 0 Å². The van der Waals surface area contributed by atoms with Gasteiger partial charge in [-0.15, -0.1) is 0 Å². The van der Waals surface area contributed by atoms with Gasteiger partial charge in [-0.3, -0.25) is 13.9 Å². The summed E-state index contributed by atoms with van der Waals surface area (Å²) in [4.78, 5) is 28.0. The molecule has 1 heterocycles. The molecule has 1 aromatic heterocycles. The molecule has 8 heteroatoms. The average Bonchev–Trinajstić information content (AvgIpc) is 2.77. The Morgan fingerprint density at radius 3 is 2.42 bits per heavy atom. The number of carbonyl (C=O) groups is 1. The summed E-state index contributed by atoms with van der Waals surface area (Å²) in [7, 11) is -2.43. The van der Waals surface area contributed by atoms with E-state index in [0.29, 0.717) is 23.7 Å². The number of hydrogen-bond donors (Lipinski definition) is 2. The SMILES string of the molecule is CCCNC(=O)c1c[nH]c2ccc(S(=O)(=O)N(C)c3ccc(C(C)C)cc3)cc2c1=O. The second-order valence-electron chi connectivity index (χ2n) is 7.71. The third-order valence-corrected chi connectivity index (χ3v) is 7.00. The van der Waals surface area contributed by atoms with E-state index in [1.165, 1.54) is 35.7 Å². The van der Waals surface area contributed by atoms with Gasteiger partial charge in [-0.25, -0.2) is 8.42 Å². The zero-order valence-corrected chi connectivity index (χ0v) is 18.9. The molecule has 0 aliphatic carbocycles. The highest BCUT2D eigenvalue weighted by molar-refractivity contribution is 7.92. The first kappa shape index (κ1) is 22.6.